The van der Waals surface area contributed by atoms with Gasteiger partial charge in [0, 0.05) is 29.4 Å². The fraction of sp³-hybridized carbons (Fsp3) is 0.250. The van der Waals surface area contributed by atoms with E-state index in [2.05, 4.69) is 15.5 Å². The Hall–Kier alpha value is -2.57. The molecule has 0 aliphatic heterocycles. The highest BCUT2D eigenvalue weighted by atomic mass is 35.5. The molecule has 1 aromatic heterocycles. The van der Waals surface area contributed by atoms with Gasteiger partial charge in [-0.2, -0.15) is 4.98 Å². The smallest absolute Gasteiger partial charge is 0.255 e. The molecule has 0 spiro atoms. The summed E-state index contributed by atoms with van der Waals surface area (Å²) in [6, 6.07) is 12.3. The zero-order valence-electron chi connectivity index (χ0n) is 15.4. The highest BCUT2D eigenvalue weighted by Crippen LogP contribution is 2.31. The second-order valence-corrected chi connectivity index (χ2v) is 7.08. The molecule has 0 aliphatic rings. The lowest BCUT2D eigenvalue weighted by Crippen LogP contribution is -2.28. The van der Waals surface area contributed by atoms with Crippen molar-refractivity contribution in [1.29, 1.82) is 0 Å². The van der Waals surface area contributed by atoms with Crippen LogP contribution >= 0.6 is 23.2 Å². The number of aryl methyl sites for hydroxylation is 1. The van der Waals surface area contributed by atoms with Gasteiger partial charge >= 0.3 is 0 Å². The first kappa shape index (κ1) is 20.2. The van der Waals surface area contributed by atoms with Gasteiger partial charge in [0.25, 0.3) is 5.91 Å². The molecule has 0 aliphatic carbocycles. The van der Waals surface area contributed by atoms with Crippen LogP contribution in [0.4, 0.5) is 0 Å². The van der Waals surface area contributed by atoms with Gasteiger partial charge < -0.3 is 14.6 Å². The number of amides is 1. The molecule has 6 nitrogen and oxygen atoms in total. The van der Waals surface area contributed by atoms with Crippen molar-refractivity contribution in [3.8, 4) is 5.75 Å². The molecule has 1 heterocycles. The molecule has 0 fully saturated rings. The minimum atomic E-state index is -0.255. The van der Waals surface area contributed by atoms with Gasteiger partial charge in [-0.25, -0.2) is 0 Å². The Kier molecular flexibility index (Phi) is 6.54. The number of benzene rings is 2. The van der Waals surface area contributed by atoms with Crippen molar-refractivity contribution in [1.82, 2.24) is 15.5 Å². The minimum absolute atomic E-state index is 0.0551. The summed E-state index contributed by atoms with van der Waals surface area (Å²) in [4.78, 5) is 16.8. The van der Waals surface area contributed by atoms with E-state index in [1.165, 1.54) is 0 Å². The second kappa shape index (κ2) is 9.08. The molecule has 0 saturated carbocycles. The number of carbonyl (C=O) groups is 1. The largest absolute Gasteiger partial charge is 0.485 e. The monoisotopic (exact) mass is 419 g/mol. The summed E-state index contributed by atoms with van der Waals surface area (Å²) in [5.74, 6) is 0.993. The first-order chi connectivity index (χ1) is 13.5. The van der Waals surface area contributed by atoms with E-state index in [-0.39, 0.29) is 18.4 Å². The Morgan fingerprint density at radius 1 is 1.18 bits per heavy atom. The standard InChI is InChI=1S/C20H19Cl2N3O3/c1-12(19-15(21)7-5-8-16(19)22)10-23-20(26)14-6-3-4-9-17(14)27-11-18-24-13(2)28-25-18/h3-9,12H,10-11H2,1-2H3,(H,23,26). The lowest BCUT2D eigenvalue weighted by Gasteiger charge is -2.17. The second-order valence-electron chi connectivity index (χ2n) is 6.26. The summed E-state index contributed by atoms with van der Waals surface area (Å²) >= 11 is 12.5. The van der Waals surface area contributed by atoms with Gasteiger partial charge in [0.15, 0.2) is 6.61 Å². The van der Waals surface area contributed by atoms with Crippen molar-refractivity contribution in [3.63, 3.8) is 0 Å². The van der Waals surface area contributed by atoms with E-state index >= 15 is 0 Å². The fourth-order valence-corrected chi connectivity index (χ4v) is 3.52. The van der Waals surface area contributed by atoms with Gasteiger partial charge in [-0.3, -0.25) is 4.79 Å². The van der Waals surface area contributed by atoms with Crippen molar-refractivity contribution in [3.05, 3.63) is 75.4 Å². The van der Waals surface area contributed by atoms with Gasteiger partial charge in [0.1, 0.15) is 5.75 Å². The molecule has 1 amide bonds. The highest BCUT2D eigenvalue weighted by Gasteiger charge is 2.17. The molecule has 0 bridgehead atoms. The number of hydrogen-bond donors (Lipinski definition) is 1. The van der Waals surface area contributed by atoms with E-state index < -0.39 is 0 Å². The van der Waals surface area contributed by atoms with Gasteiger partial charge in [0.2, 0.25) is 11.7 Å². The van der Waals surface area contributed by atoms with Crippen molar-refractivity contribution in [2.75, 3.05) is 6.54 Å². The Morgan fingerprint density at radius 3 is 2.57 bits per heavy atom. The van der Waals surface area contributed by atoms with Gasteiger partial charge in [0.05, 0.1) is 5.56 Å². The Morgan fingerprint density at radius 2 is 1.89 bits per heavy atom. The van der Waals surface area contributed by atoms with Crippen molar-refractivity contribution in [2.45, 2.75) is 26.4 Å². The average molecular weight is 420 g/mol. The molecule has 0 saturated heterocycles. The third-order valence-electron chi connectivity index (χ3n) is 4.12. The summed E-state index contributed by atoms with van der Waals surface area (Å²) in [5, 5.41) is 7.84. The molecule has 146 valence electrons. The van der Waals surface area contributed by atoms with Crippen LogP contribution in [0.25, 0.3) is 0 Å². The molecule has 2 aromatic carbocycles. The third-order valence-corrected chi connectivity index (χ3v) is 4.78. The number of hydrogen-bond acceptors (Lipinski definition) is 5. The van der Waals surface area contributed by atoms with Crippen molar-refractivity contribution >= 4 is 29.1 Å². The molecule has 3 rings (SSSR count). The molecular weight excluding hydrogens is 401 g/mol. The molecular formula is C20H19Cl2N3O3. The summed E-state index contributed by atoms with van der Waals surface area (Å²) in [7, 11) is 0. The predicted octanol–water partition coefficient (Wildman–Crippen LogP) is 4.80. The van der Waals surface area contributed by atoms with E-state index in [9.17, 15) is 4.79 Å². The van der Waals surface area contributed by atoms with E-state index in [0.717, 1.165) is 5.56 Å². The van der Waals surface area contributed by atoms with Gasteiger partial charge in [-0.1, -0.05) is 53.5 Å². The van der Waals surface area contributed by atoms with Crippen LogP contribution in [0, 0.1) is 6.92 Å². The van der Waals surface area contributed by atoms with Crippen molar-refractivity contribution < 1.29 is 14.1 Å². The number of nitrogens with zero attached hydrogens (tertiary/aromatic N) is 2. The predicted molar refractivity (Wildman–Crippen MR) is 107 cm³/mol. The van der Waals surface area contributed by atoms with Crippen LogP contribution in [0.3, 0.4) is 0 Å². The van der Waals surface area contributed by atoms with Crippen LogP contribution in [0.15, 0.2) is 47.0 Å². The summed E-state index contributed by atoms with van der Waals surface area (Å²) in [5.41, 5.74) is 1.23. The Bertz CT molecular complexity index is 955. The van der Waals surface area contributed by atoms with E-state index in [0.29, 0.717) is 39.6 Å². The maximum absolute atomic E-state index is 12.7. The Balaban J connectivity index is 1.66. The van der Waals surface area contributed by atoms with E-state index in [4.69, 9.17) is 32.5 Å². The third kappa shape index (κ3) is 4.82. The van der Waals surface area contributed by atoms with Crippen LogP contribution in [-0.4, -0.2) is 22.6 Å². The molecule has 8 heteroatoms. The lowest BCUT2D eigenvalue weighted by molar-refractivity contribution is 0.0947. The first-order valence-electron chi connectivity index (χ1n) is 8.69. The SMILES string of the molecule is Cc1nc(COc2ccccc2C(=O)NCC(C)c2c(Cl)cccc2Cl)no1. The molecule has 1 unspecified atom stereocenters. The van der Waals surface area contributed by atoms with E-state index in [1.54, 1.807) is 49.4 Å². The number of ether oxygens (including phenoxy) is 1. The maximum atomic E-state index is 12.7. The number of carbonyl (C=O) groups excluding carboxylic acids is 1. The summed E-state index contributed by atoms with van der Waals surface area (Å²) in [6.07, 6.45) is 0. The number of rotatable bonds is 7. The number of nitrogens with one attached hydrogen (secondary N) is 1. The topological polar surface area (TPSA) is 77.2 Å². The van der Waals surface area contributed by atoms with Crippen LogP contribution in [0.1, 0.15) is 40.5 Å². The molecule has 28 heavy (non-hydrogen) atoms. The average Bonchev–Trinajstić information content (AvgIpc) is 3.10. The Labute approximate surface area is 172 Å². The zero-order valence-corrected chi connectivity index (χ0v) is 16.9. The minimum Gasteiger partial charge on any atom is -0.485 e. The van der Waals surface area contributed by atoms with Gasteiger partial charge in [-0.05, 0) is 29.8 Å². The first-order valence-corrected chi connectivity index (χ1v) is 9.44. The fourth-order valence-electron chi connectivity index (χ4n) is 2.75. The summed E-state index contributed by atoms with van der Waals surface area (Å²) < 4.78 is 10.6. The van der Waals surface area contributed by atoms with Crippen LogP contribution < -0.4 is 10.1 Å². The molecule has 1 N–H and O–H groups in total. The molecule has 0 radical (unpaired) electrons. The molecule has 1 atom stereocenters. The highest BCUT2D eigenvalue weighted by molar-refractivity contribution is 6.36. The maximum Gasteiger partial charge on any atom is 0.255 e. The quantitative estimate of drug-likeness (QED) is 0.594. The number of aromatic nitrogens is 2. The van der Waals surface area contributed by atoms with Gasteiger partial charge in [-0.15, -0.1) is 0 Å². The van der Waals surface area contributed by atoms with Crippen LogP contribution in [-0.2, 0) is 6.61 Å². The summed E-state index contributed by atoms with van der Waals surface area (Å²) in [6.45, 7) is 4.13. The van der Waals surface area contributed by atoms with Crippen molar-refractivity contribution in [2.24, 2.45) is 0 Å². The van der Waals surface area contributed by atoms with E-state index in [1.807, 2.05) is 6.92 Å². The van der Waals surface area contributed by atoms with Crippen LogP contribution in [0.5, 0.6) is 5.75 Å². The normalized spacial score (nSPS) is 11.9. The molecule has 3 aromatic rings. The zero-order chi connectivity index (χ0) is 20.1. The van der Waals surface area contributed by atoms with Crippen LogP contribution in [0.2, 0.25) is 10.0 Å². The lowest BCUT2D eigenvalue weighted by atomic mass is 10.0. The number of para-hydroxylation sites is 1. The number of halogens is 2.